The highest BCUT2D eigenvalue weighted by atomic mass is 16.5. The minimum atomic E-state index is 0.586. The van der Waals surface area contributed by atoms with Crippen molar-refractivity contribution < 1.29 is 9.47 Å². The summed E-state index contributed by atoms with van der Waals surface area (Å²) < 4.78 is 10.6. The normalized spacial score (nSPS) is 18.7. The Hall–Kier alpha value is -0.120. The first-order valence-corrected chi connectivity index (χ1v) is 7.54. The van der Waals surface area contributed by atoms with Gasteiger partial charge in [-0.3, -0.25) is 0 Å². The lowest BCUT2D eigenvalue weighted by atomic mass is 9.88. The van der Waals surface area contributed by atoms with E-state index in [0.717, 1.165) is 31.6 Å². The number of methoxy groups -OCH3 is 1. The van der Waals surface area contributed by atoms with Gasteiger partial charge in [0.2, 0.25) is 0 Å². The summed E-state index contributed by atoms with van der Waals surface area (Å²) in [5.74, 6) is 1.71. The Labute approximate surface area is 113 Å². The number of hydrogen-bond donors (Lipinski definition) is 1. The zero-order valence-electron chi connectivity index (χ0n) is 12.4. The van der Waals surface area contributed by atoms with Crippen molar-refractivity contribution in [2.24, 2.45) is 11.8 Å². The van der Waals surface area contributed by atoms with Gasteiger partial charge in [0.25, 0.3) is 0 Å². The van der Waals surface area contributed by atoms with Crippen molar-refractivity contribution in [3.8, 4) is 0 Å². The van der Waals surface area contributed by atoms with Gasteiger partial charge >= 0.3 is 0 Å². The molecular formula is C15H31NO2. The monoisotopic (exact) mass is 257 g/mol. The summed E-state index contributed by atoms with van der Waals surface area (Å²) in [5, 5.41) is 3.59. The summed E-state index contributed by atoms with van der Waals surface area (Å²) in [7, 11) is 1.72. The minimum Gasteiger partial charge on any atom is -0.382 e. The fraction of sp³-hybridized carbons (Fsp3) is 1.00. The zero-order chi connectivity index (χ0) is 13.2. The third-order valence-electron chi connectivity index (χ3n) is 3.92. The maximum absolute atomic E-state index is 5.62. The van der Waals surface area contributed by atoms with Gasteiger partial charge in [0.1, 0.15) is 0 Å². The van der Waals surface area contributed by atoms with Crippen LogP contribution in [0.3, 0.4) is 0 Å². The molecule has 1 saturated carbocycles. The second kappa shape index (κ2) is 9.76. The van der Waals surface area contributed by atoms with Gasteiger partial charge in [-0.2, -0.15) is 0 Å². The van der Waals surface area contributed by atoms with E-state index in [1.807, 2.05) is 0 Å². The fourth-order valence-corrected chi connectivity index (χ4v) is 2.80. The predicted octanol–water partition coefficient (Wildman–Crippen LogP) is 2.84. The molecule has 3 heteroatoms. The fourth-order valence-electron chi connectivity index (χ4n) is 2.80. The molecule has 108 valence electrons. The Bertz CT molecular complexity index is 191. The molecule has 1 aliphatic carbocycles. The second-order valence-corrected chi connectivity index (χ2v) is 5.76. The van der Waals surface area contributed by atoms with Gasteiger partial charge < -0.3 is 14.8 Å². The number of ether oxygens (including phenoxy) is 2. The lowest BCUT2D eigenvalue weighted by molar-refractivity contribution is 0.0593. The van der Waals surface area contributed by atoms with Crippen LogP contribution in [0.25, 0.3) is 0 Å². The maximum Gasteiger partial charge on any atom is 0.0700 e. The molecule has 0 saturated heterocycles. The van der Waals surface area contributed by atoms with Crippen LogP contribution in [0.2, 0.25) is 0 Å². The zero-order valence-corrected chi connectivity index (χ0v) is 12.4. The van der Waals surface area contributed by atoms with E-state index in [1.54, 1.807) is 7.11 Å². The number of hydrogen-bond acceptors (Lipinski definition) is 3. The predicted molar refractivity (Wildman–Crippen MR) is 75.9 cm³/mol. The highest BCUT2D eigenvalue weighted by Crippen LogP contribution is 2.32. The van der Waals surface area contributed by atoms with Crippen molar-refractivity contribution in [3.63, 3.8) is 0 Å². The summed E-state index contributed by atoms with van der Waals surface area (Å²) in [6.45, 7) is 7.91. The van der Waals surface area contributed by atoms with Crippen LogP contribution < -0.4 is 5.32 Å². The van der Waals surface area contributed by atoms with E-state index in [0.29, 0.717) is 12.6 Å². The van der Waals surface area contributed by atoms with Gasteiger partial charge in [-0.25, -0.2) is 0 Å². The molecule has 0 spiro atoms. The van der Waals surface area contributed by atoms with Crippen LogP contribution in [-0.4, -0.2) is 39.5 Å². The molecule has 0 aromatic heterocycles. The van der Waals surface area contributed by atoms with Crippen LogP contribution >= 0.6 is 0 Å². The Balaban J connectivity index is 2.20. The molecule has 0 bridgehead atoms. The van der Waals surface area contributed by atoms with E-state index in [9.17, 15) is 0 Å². The Kier molecular flexibility index (Phi) is 8.64. The van der Waals surface area contributed by atoms with Crippen molar-refractivity contribution in [2.75, 3.05) is 33.5 Å². The Morgan fingerprint density at radius 1 is 1.11 bits per heavy atom. The number of rotatable bonds is 10. The topological polar surface area (TPSA) is 30.5 Å². The van der Waals surface area contributed by atoms with Gasteiger partial charge in [0.15, 0.2) is 0 Å². The third-order valence-corrected chi connectivity index (χ3v) is 3.92. The Morgan fingerprint density at radius 2 is 1.83 bits per heavy atom. The largest absolute Gasteiger partial charge is 0.382 e. The summed E-state index contributed by atoms with van der Waals surface area (Å²) in [5.41, 5.74) is 0. The minimum absolute atomic E-state index is 0.586. The lowest BCUT2D eigenvalue weighted by Gasteiger charge is -2.25. The summed E-state index contributed by atoms with van der Waals surface area (Å²) in [4.78, 5) is 0. The highest BCUT2D eigenvalue weighted by Gasteiger charge is 2.24. The van der Waals surface area contributed by atoms with Crippen LogP contribution in [0.15, 0.2) is 0 Å². The van der Waals surface area contributed by atoms with Gasteiger partial charge in [-0.15, -0.1) is 0 Å². The molecule has 1 rings (SSSR count). The van der Waals surface area contributed by atoms with Gasteiger partial charge in [-0.1, -0.05) is 39.5 Å². The average Bonchev–Trinajstić information content (AvgIpc) is 2.86. The first kappa shape index (κ1) is 15.9. The first-order chi connectivity index (χ1) is 8.74. The summed E-state index contributed by atoms with van der Waals surface area (Å²) in [6, 6.07) is 0.586. The van der Waals surface area contributed by atoms with Crippen molar-refractivity contribution in [3.05, 3.63) is 0 Å². The van der Waals surface area contributed by atoms with E-state index in [4.69, 9.17) is 9.47 Å². The maximum atomic E-state index is 5.62. The van der Waals surface area contributed by atoms with Crippen molar-refractivity contribution in [2.45, 2.75) is 52.0 Å². The Morgan fingerprint density at radius 3 is 2.44 bits per heavy atom. The summed E-state index contributed by atoms with van der Waals surface area (Å²) in [6.07, 6.45) is 6.87. The van der Waals surface area contributed by atoms with Crippen LogP contribution in [0, 0.1) is 11.8 Å². The smallest absolute Gasteiger partial charge is 0.0700 e. The molecule has 1 aliphatic rings. The molecule has 0 radical (unpaired) electrons. The van der Waals surface area contributed by atoms with Crippen LogP contribution in [0.1, 0.15) is 46.0 Å². The van der Waals surface area contributed by atoms with Crippen molar-refractivity contribution in [1.29, 1.82) is 0 Å². The van der Waals surface area contributed by atoms with Crippen LogP contribution in [0.5, 0.6) is 0 Å². The molecule has 0 aromatic carbocycles. The molecule has 1 unspecified atom stereocenters. The van der Waals surface area contributed by atoms with E-state index >= 15 is 0 Å². The third kappa shape index (κ3) is 6.72. The molecule has 0 heterocycles. The van der Waals surface area contributed by atoms with E-state index < -0.39 is 0 Å². The molecule has 1 N–H and O–H groups in total. The molecule has 0 aliphatic heterocycles. The quantitative estimate of drug-likeness (QED) is 0.610. The van der Waals surface area contributed by atoms with E-state index in [2.05, 4.69) is 19.2 Å². The molecule has 3 nitrogen and oxygen atoms in total. The summed E-state index contributed by atoms with van der Waals surface area (Å²) >= 11 is 0. The molecule has 0 aromatic rings. The first-order valence-electron chi connectivity index (χ1n) is 7.54. The van der Waals surface area contributed by atoms with E-state index in [-0.39, 0.29) is 0 Å². The lowest BCUT2D eigenvalue weighted by Crippen LogP contribution is -2.32. The second-order valence-electron chi connectivity index (χ2n) is 5.76. The number of nitrogens with one attached hydrogen (secondary N) is 1. The van der Waals surface area contributed by atoms with Crippen molar-refractivity contribution >= 4 is 0 Å². The SMILES string of the molecule is COCCOCCC(CNC(C)C)C1CCCC1. The van der Waals surface area contributed by atoms with Crippen molar-refractivity contribution in [1.82, 2.24) is 5.32 Å². The van der Waals surface area contributed by atoms with Gasteiger partial charge in [0, 0.05) is 19.8 Å². The highest BCUT2D eigenvalue weighted by molar-refractivity contribution is 4.77. The molecule has 1 fully saturated rings. The average molecular weight is 257 g/mol. The van der Waals surface area contributed by atoms with Gasteiger partial charge in [-0.05, 0) is 24.8 Å². The van der Waals surface area contributed by atoms with Crippen LogP contribution in [0.4, 0.5) is 0 Å². The molecule has 18 heavy (non-hydrogen) atoms. The molecule has 1 atom stereocenters. The molecular weight excluding hydrogens is 226 g/mol. The van der Waals surface area contributed by atoms with E-state index in [1.165, 1.54) is 32.1 Å². The standard InChI is InChI=1S/C15H31NO2/c1-13(2)16-12-15(14-6-4-5-7-14)8-9-18-11-10-17-3/h13-16H,4-12H2,1-3H3. The molecule has 0 amide bonds. The van der Waals surface area contributed by atoms with Gasteiger partial charge in [0.05, 0.1) is 13.2 Å². The van der Waals surface area contributed by atoms with Crippen LogP contribution in [-0.2, 0) is 9.47 Å².